The van der Waals surface area contributed by atoms with Gasteiger partial charge < -0.3 is 9.84 Å². The second-order valence-electron chi connectivity index (χ2n) is 5.22. The van der Waals surface area contributed by atoms with Gasteiger partial charge in [0.15, 0.2) is 6.29 Å². The van der Waals surface area contributed by atoms with Crippen molar-refractivity contribution in [1.29, 1.82) is 0 Å². The summed E-state index contributed by atoms with van der Waals surface area (Å²) >= 11 is 0. The molecule has 4 unspecified atom stereocenters. The lowest BCUT2D eigenvalue weighted by atomic mass is 9.78. The van der Waals surface area contributed by atoms with Crippen LogP contribution in [0.5, 0.6) is 0 Å². The fourth-order valence-corrected chi connectivity index (χ4v) is 2.96. The van der Waals surface area contributed by atoms with Crippen LogP contribution < -0.4 is 5.32 Å². The summed E-state index contributed by atoms with van der Waals surface area (Å²) in [4.78, 5) is 0. The highest BCUT2D eigenvalue weighted by molar-refractivity contribution is 4.91. The molecule has 4 atom stereocenters. The van der Waals surface area contributed by atoms with Gasteiger partial charge in [0.2, 0.25) is 0 Å². The van der Waals surface area contributed by atoms with E-state index in [2.05, 4.69) is 19.2 Å². The van der Waals surface area contributed by atoms with E-state index >= 15 is 0 Å². The lowest BCUT2D eigenvalue weighted by Crippen LogP contribution is -2.58. The molecule has 2 N–H and O–H groups in total. The van der Waals surface area contributed by atoms with Crippen molar-refractivity contribution >= 4 is 0 Å². The number of rotatable bonds is 3. The second kappa shape index (κ2) is 4.40. The fourth-order valence-electron chi connectivity index (χ4n) is 2.96. The van der Waals surface area contributed by atoms with Gasteiger partial charge in [0, 0.05) is 12.5 Å². The molecule has 1 heterocycles. The van der Waals surface area contributed by atoms with E-state index in [0.29, 0.717) is 12.0 Å². The summed E-state index contributed by atoms with van der Waals surface area (Å²) in [6, 6.07) is 0.467. The quantitative estimate of drug-likeness (QED) is 0.753. The molecule has 0 amide bonds. The van der Waals surface area contributed by atoms with Gasteiger partial charge in [-0.15, -0.1) is 0 Å². The molecule has 0 spiro atoms. The molecule has 1 saturated carbocycles. The zero-order valence-electron chi connectivity index (χ0n) is 9.83. The predicted molar refractivity (Wildman–Crippen MR) is 59.3 cm³/mol. The number of ether oxygens (including phenoxy) is 1. The molecule has 0 radical (unpaired) electrons. The predicted octanol–water partition coefficient (Wildman–Crippen LogP) is 2.00. The fraction of sp³-hybridized carbons (Fsp3) is 1.00. The summed E-state index contributed by atoms with van der Waals surface area (Å²) < 4.78 is 5.76. The molecule has 2 aliphatic rings. The molecule has 0 aromatic carbocycles. The van der Waals surface area contributed by atoms with Crippen LogP contribution in [0.15, 0.2) is 0 Å². The summed E-state index contributed by atoms with van der Waals surface area (Å²) in [6.07, 6.45) is 5.97. The lowest BCUT2D eigenvalue weighted by Gasteiger charge is -2.48. The molecule has 2 bridgehead atoms. The van der Waals surface area contributed by atoms with Crippen molar-refractivity contribution in [2.75, 3.05) is 0 Å². The number of nitrogens with one attached hydrogen (secondary N) is 1. The van der Waals surface area contributed by atoms with Crippen LogP contribution in [0, 0.1) is 5.92 Å². The van der Waals surface area contributed by atoms with Gasteiger partial charge in [-0.25, -0.2) is 0 Å². The summed E-state index contributed by atoms with van der Waals surface area (Å²) in [7, 11) is 0. The third-order valence-corrected chi connectivity index (χ3v) is 3.83. The standard InChI is InChI=1S/C12H23NO2/c1-3-9(2)13-12-6-4-5-10(8-12)7-11(14)15-12/h9-11,13-14H,3-8H2,1-2H3. The molecule has 88 valence electrons. The molecule has 1 aliphatic carbocycles. The average Bonchev–Trinajstić information content (AvgIpc) is 2.15. The van der Waals surface area contributed by atoms with Crippen molar-refractivity contribution in [1.82, 2.24) is 5.32 Å². The van der Waals surface area contributed by atoms with Gasteiger partial charge in [-0.3, -0.25) is 5.32 Å². The Morgan fingerprint density at radius 2 is 2.40 bits per heavy atom. The van der Waals surface area contributed by atoms with Gasteiger partial charge >= 0.3 is 0 Å². The van der Waals surface area contributed by atoms with E-state index in [-0.39, 0.29) is 5.72 Å². The number of hydrogen-bond acceptors (Lipinski definition) is 3. The average molecular weight is 213 g/mol. The molecular formula is C12H23NO2. The zero-order chi connectivity index (χ0) is 10.9. The smallest absolute Gasteiger partial charge is 0.157 e. The van der Waals surface area contributed by atoms with E-state index in [0.717, 1.165) is 25.7 Å². The minimum absolute atomic E-state index is 0.226. The second-order valence-corrected chi connectivity index (χ2v) is 5.22. The molecule has 3 heteroatoms. The van der Waals surface area contributed by atoms with Gasteiger partial charge in [-0.1, -0.05) is 6.92 Å². The van der Waals surface area contributed by atoms with Crippen LogP contribution in [0.3, 0.4) is 0 Å². The summed E-state index contributed by atoms with van der Waals surface area (Å²) in [5.74, 6) is 0.652. The Labute approximate surface area is 92.2 Å². The van der Waals surface area contributed by atoms with E-state index < -0.39 is 6.29 Å². The van der Waals surface area contributed by atoms with Crippen molar-refractivity contribution < 1.29 is 9.84 Å². The highest BCUT2D eigenvalue weighted by atomic mass is 16.6. The molecule has 15 heavy (non-hydrogen) atoms. The molecule has 1 aliphatic heterocycles. The van der Waals surface area contributed by atoms with Crippen molar-refractivity contribution in [3.05, 3.63) is 0 Å². The minimum atomic E-state index is -0.555. The first-order chi connectivity index (χ1) is 7.13. The van der Waals surface area contributed by atoms with E-state index in [1.54, 1.807) is 0 Å². The molecule has 2 rings (SSSR count). The minimum Gasteiger partial charge on any atom is -0.368 e. The highest BCUT2D eigenvalue weighted by Crippen LogP contribution is 2.41. The SMILES string of the molecule is CCC(C)NC12CCCC(CC(O)O1)C2. The number of fused-ring (bicyclic) bond motifs is 2. The Morgan fingerprint density at radius 3 is 3.13 bits per heavy atom. The van der Waals surface area contributed by atoms with Crippen LogP contribution in [-0.2, 0) is 4.74 Å². The Kier molecular flexibility index (Phi) is 3.33. The molecule has 2 fully saturated rings. The maximum Gasteiger partial charge on any atom is 0.157 e. The lowest BCUT2D eigenvalue weighted by molar-refractivity contribution is -0.254. The van der Waals surface area contributed by atoms with E-state index in [1.165, 1.54) is 12.8 Å². The molecular weight excluding hydrogens is 190 g/mol. The van der Waals surface area contributed by atoms with E-state index in [9.17, 15) is 5.11 Å². The van der Waals surface area contributed by atoms with Gasteiger partial charge in [-0.05, 0) is 44.9 Å². The van der Waals surface area contributed by atoms with E-state index in [1.807, 2.05) is 0 Å². The largest absolute Gasteiger partial charge is 0.368 e. The topological polar surface area (TPSA) is 41.5 Å². The molecule has 0 aromatic rings. The molecule has 3 nitrogen and oxygen atoms in total. The van der Waals surface area contributed by atoms with Gasteiger partial charge in [0.05, 0.1) is 0 Å². The number of aliphatic hydroxyl groups excluding tert-OH is 1. The first kappa shape index (κ1) is 11.4. The van der Waals surface area contributed by atoms with Crippen LogP contribution >= 0.6 is 0 Å². The summed E-state index contributed by atoms with van der Waals surface area (Å²) in [6.45, 7) is 4.36. The number of hydrogen-bond donors (Lipinski definition) is 2. The zero-order valence-corrected chi connectivity index (χ0v) is 9.83. The molecule has 0 aromatic heterocycles. The Hall–Kier alpha value is -0.120. The Bertz CT molecular complexity index is 218. The van der Waals surface area contributed by atoms with Crippen molar-refractivity contribution in [2.24, 2.45) is 5.92 Å². The maximum atomic E-state index is 9.70. The molecule has 1 saturated heterocycles. The van der Waals surface area contributed by atoms with Gasteiger partial charge in [-0.2, -0.15) is 0 Å². The van der Waals surface area contributed by atoms with Crippen LogP contribution in [-0.4, -0.2) is 23.2 Å². The van der Waals surface area contributed by atoms with Crippen molar-refractivity contribution in [3.63, 3.8) is 0 Å². The van der Waals surface area contributed by atoms with Crippen LogP contribution in [0.1, 0.15) is 52.4 Å². The van der Waals surface area contributed by atoms with Crippen LogP contribution in [0.2, 0.25) is 0 Å². The maximum absolute atomic E-state index is 9.70. The summed E-state index contributed by atoms with van der Waals surface area (Å²) in [5, 5.41) is 13.3. The Morgan fingerprint density at radius 1 is 1.60 bits per heavy atom. The normalized spacial score (nSPS) is 42.6. The summed E-state index contributed by atoms with van der Waals surface area (Å²) in [5.41, 5.74) is -0.226. The van der Waals surface area contributed by atoms with Crippen LogP contribution in [0.4, 0.5) is 0 Å². The van der Waals surface area contributed by atoms with Crippen LogP contribution in [0.25, 0.3) is 0 Å². The monoisotopic (exact) mass is 213 g/mol. The van der Waals surface area contributed by atoms with Gasteiger partial charge in [0.1, 0.15) is 5.72 Å². The highest BCUT2D eigenvalue weighted by Gasteiger charge is 2.43. The van der Waals surface area contributed by atoms with Gasteiger partial charge in [0.25, 0.3) is 0 Å². The third-order valence-electron chi connectivity index (χ3n) is 3.83. The first-order valence-electron chi connectivity index (χ1n) is 6.27. The van der Waals surface area contributed by atoms with Crippen molar-refractivity contribution in [3.8, 4) is 0 Å². The van der Waals surface area contributed by atoms with Crippen molar-refractivity contribution in [2.45, 2.75) is 70.4 Å². The Balaban J connectivity index is 2.03. The van der Waals surface area contributed by atoms with E-state index in [4.69, 9.17) is 4.74 Å². The third kappa shape index (κ3) is 2.52. The number of aliphatic hydroxyl groups is 1. The first-order valence-corrected chi connectivity index (χ1v) is 6.27.